The number of imidazole rings is 1. The molecule has 0 radical (unpaired) electrons. The van der Waals surface area contributed by atoms with E-state index in [1.165, 1.54) is 0 Å². The van der Waals surface area contributed by atoms with Crippen molar-refractivity contribution < 1.29 is 9.32 Å². The number of amides is 1. The molecule has 4 aromatic rings. The number of carbonyl (C=O) groups is 1. The van der Waals surface area contributed by atoms with E-state index in [0.717, 1.165) is 23.1 Å². The molecule has 0 saturated carbocycles. The van der Waals surface area contributed by atoms with Crippen LogP contribution in [0.4, 0.5) is 5.95 Å². The van der Waals surface area contributed by atoms with E-state index in [1.54, 1.807) is 0 Å². The van der Waals surface area contributed by atoms with Crippen molar-refractivity contribution in [2.24, 2.45) is 0 Å². The number of nitrogens with zero attached hydrogens (tertiary/aromatic N) is 4. The number of benzene rings is 2. The zero-order valence-corrected chi connectivity index (χ0v) is 15.6. The van der Waals surface area contributed by atoms with Crippen molar-refractivity contribution in [3.63, 3.8) is 0 Å². The van der Waals surface area contributed by atoms with E-state index in [2.05, 4.69) is 20.4 Å². The Labute approximate surface area is 162 Å². The molecule has 0 spiro atoms. The number of aromatic nitrogens is 4. The molecule has 142 valence electrons. The molecule has 0 bridgehead atoms. The third-order valence-electron chi connectivity index (χ3n) is 4.52. The molecule has 1 amide bonds. The fourth-order valence-corrected chi connectivity index (χ4v) is 3.14. The Bertz CT molecular complexity index is 1080. The average molecular weight is 375 g/mol. The monoisotopic (exact) mass is 375 g/mol. The second kappa shape index (κ2) is 8.04. The molecular formula is C21H21N5O2. The standard InChI is InChI=1S/C21H21N5O2/c1-2-26-17-12-7-6-11-16(17)22-21(26)23-18(27)13-8-14-19-24-20(25-28-19)15-9-4-3-5-10-15/h3-7,9-12H,2,8,13-14H2,1H3,(H,22,23,27). The van der Waals surface area contributed by atoms with Crippen molar-refractivity contribution in [2.75, 3.05) is 5.32 Å². The van der Waals surface area contributed by atoms with Crippen LogP contribution in [-0.2, 0) is 17.8 Å². The van der Waals surface area contributed by atoms with Gasteiger partial charge in [-0.25, -0.2) is 4.98 Å². The van der Waals surface area contributed by atoms with Crippen LogP contribution in [0.5, 0.6) is 0 Å². The second-order valence-corrected chi connectivity index (χ2v) is 6.45. The lowest BCUT2D eigenvalue weighted by molar-refractivity contribution is -0.116. The largest absolute Gasteiger partial charge is 0.339 e. The summed E-state index contributed by atoms with van der Waals surface area (Å²) in [5.41, 5.74) is 2.80. The first-order valence-corrected chi connectivity index (χ1v) is 9.37. The first-order valence-electron chi connectivity index (χ1n) is 9.37. The van der Waals surface area contributed by atoms with Crippen LogP contribution in [0.3, 0.4) is 0 Å². The van der Waals surface area contributed by atoms with Crippen molar-refractivity contribution in [2.45, 2.75) is 32.7 Å². The first kappa shape index (κ1) is 17.9. The summed E-state index contributed by atoms with van der Waals surface area (Å²) in [6, 6.07) is 17.5. The Kier molecular flexibility index (Phi) is 5.14. The van der Waals surface area contributed by atoms with Crippen molar-refractivity contribution >= 4 is 22.9 Å². The van der Waals surface area contributed by atoms with E-state index in [9.17, 15) is 4.79 Å². The molecule has 7 heteroatoms. The highest BCUT2D eigenvalue weighted by molar-refractivity contribution is 5.91. The Morgan fingerprint density at radius 3 is 2.68 bits per heavy atom. The van der Waals surface area contributed by atoms with Gasteiger partial charge in [-0.3, -0.25) is 10.1 Å². The van der Waals surface area contributed by atoms with E-state index in [4.69, 9.17) is 4.52 Å². The van der Waals surface area contributed by atoms with Crippen LogP contribution in [0.2, 0.25) is 0 Å². The van der Waals surface area contributed by atoms with Gasteiger partial charge >= 0.3 is 0 Å². The van der Waals surface area contributed by atoms with Gasteiger partial charge in [-0.1, -0.05) is 47.6 Å². The van der Waals surface area contributed by atoms with Gasteiger partial charge in [-0.2, -0.15) is 4.98 Å². The lowest BCUT2D eigenvalue weighted by Gasteiger charge is -2.07. The van der Waals surface area contributed by atoms with E-state index < -0.39 is 0 Å². The molecule has 2 aromatic carbocycles. The van der Waals surface area contributed by atoms with Crippen molar-refractivity contribution in [1.82, 2.24) is 19.7 Å². The van der Waals surface area contributed by atoms with E-state index in [-0.39, 0.29) is 5.91 Å². The predicted octanol–water partition coefficient (Wildman–Crippen LogP) is 4.07. The lowest BCUT2D eigenvalue weighted by Crippen LogP contribution is -2.15. The van der Waals surface area contributed by atoms with Crippen LogP contribution in [-0.4, -0.2) is 25.6 Å². The molecule has 0 atom stereocenters. The highest BCUT2D eigenvalue weighted by Gasteiger charge is 2.13. The summed E-state index contributed by atoms with van der Waals surface area (Å²) < 4.78 is 7.28. The summed E-state index contributed by atoms with van der Waals surface area (Å²) in [6.07, 6.45) is 1.53. The second-order valence-electron chi connectivity index (χ2n) is 6.45. The van der Waals surface area contributed by atoms with Crippen molar-refractivity contribution in [3.05, 3.63) is 60.5 Å². The van der Waals surface area contributed by atoms with Crippen LogP contribution in [0.25, 0.3) is 22.4 Å². The summed E-state index contributed by atoms with van der Waals surface area (Å²) >= 11 is 0. The number of carbonyl (C=O) groups excluding carboxylic acids is 1. The van der Waals surface area contributed by atoms with Crippen LogP contribution in [0, 0.1) is 0 Å². The minimum atomic E-state index is -0.0761. The van der Waals surface area contributed by atoms with E-state index >= 15 is 0 Å². The van der Waals surface area contributed by atoms with Gasteiger partial charge in [0, 0.05) is 24.9 Å². The molecule has 0 aliphatic heterocycles. The number of fused-ring (bicyclic) bond motifs is 1. The van der Waals surface area contributed by atoms with Crippen LogP contribution in [0.1, 0.15) is 25.7 Å². The molecule has 0 aliphatic carbocycles. The Hall–Kier alpha value is -3.48. The molecule has 2 aromatic heterocycles. The maximum absolute atomic E-state index is 12.3. The highest BCUT2D eigenvalue weighted by atomic mass is 16.5. The first-order chi connectivity index (χ1) is 13.7. The molecular weight excluding hydrogens is 354 g/mol. The topological polar surface area (TPSA) is 85.8 Å². The molecule has 7 nitrogen and oxygen atoms in total. The van der Waals surface area contributed by atoms with Crippen molar-refractivity contribution in [3.8, 4) is 11.4 Å². The van der Waals surface area contributed by atoms with Gasteiger partial charge in [0.05, 0.1) is 11.0 Å². The summed E-state index contributed by atoms with van der Waals surface area (Å²) in [6.45, 7) is 2.77. The number of nitrogens with one attached hydrogen (secondary N) is 1. The summed E-state index contributed by atoms with van der Waals surface area (Å²) in [7, 11) is 0. The number of hydrogen-bond donors (Lipinski definition) is 1. The molecule has 0 aliphatic rings. The van der Waals surface area contributed by atoms with Gasteiger partial charge in [0.25, 0.3) is 0 Å². The fraction of sp³-hybridized carbons (Fsp3) is 0.238. The minimum Gasteiger partial charge on any atom is -0.339 e. The molecule has 28 heavy (non-hydrogen) atoms. The quantitative estimate of drug-likeness (QED) is 0.526. The molecule has 0 saturated heterocycles. The van der Waals surface area contributed by atoms with Crippen molar-refractivity contribution in [1.29, 1.82) is 0 Å². The molecule has 2 heterocycles. The number of rotatable bonds is 7. The third kappa shape index (κ3) is 3.78. The maximum Gasteiger partial charge on any atom is 0.226 e. The van der Waals surface area contributed by atoms with Crippen LogP contribution < -0.4 is 5.32 Å². The molecule has 0 unspecified atom stereocenters. The zero-order valence-electron chi connectivity index (χ0n) is 15.6. The predicted molar refractivity (Wildman–Crippen MR) is 107 cm³/mol. The SMILES string of the molecule is CCn1c(NC(=O)CCCc2nc(-c3ccccc3)no2)nc2ccccc21. The van der Waals surface area contributed by atoms with E-state index in [0.29, 0.717) is 36.9 Å². The Balaban J connectivity index is 1.34. The third-order valence-corrected chi connectivity index (χ3v) is 4.52. The van der Waals surface area contributed by atoms with Crippen LogP contribution in [0.15, 0.2) is 59.1 Å². The van der Waals surface area contributed by atoms with Gasteiger partial charge in [0.1, 0.15) is 0 Å². The summed E-state index contributed by atoms with van der Waals surface area (Å²) in [5.74, 6) is 1.61. The average Bonchev–Trinajstić information content (AvgIpc) is 3.32. The lowest BCUT2D eigenvalue weighted by atomic mass is 10.2. The highest BCUT2D eigenvalue weighted by Crippen LogP contribution is 2.20. The van der Waals surface area contributed by atoms with Gasteiger partial charge < -0.3 is 9.09 Å². The van der Waals surface area contributed by atoms with Crippen LogP contribution >= 0.6 is 0 Å². The number of para-hydroxylation sites is 2. The number of anilines is 1. The maximum atomic E-state index is 12.3. The van der Waals surface area contributed by atoms with Gasteiger partial charge in [-0.15, -0.1) is 0 Å². The zero-order chi connectivity index (χ0) is 19.3. The van der Waals surface area contributed by atoms with Gasteiger partial charge in [0.2, 0.25) is 23.6 Å². The Morgan fingerprint density at radius 2 is 1.86 bits per heavy atom. The molecule has 0 fully saturated rings. The number of aryl methyl sites for hydroxylation is 2. The summed E-state index contributed by atoms with van der Waals surface area (Å²) in [5, 5.41) is 6.91. The Morgan fingerprint density at radius 1 is 1.07 bits per heavy atom. The molecule has 1 N–H and O–H groups in total. The van der Waals surface area contributed by atoms with E-state index in [1.807, 2.05) is 66.1 Å². The molecule has 4 rings (SSSR count). The minimum absolute atomic E-state index is 0.0761. The summed E-state index contributed by atoms with van der Waals surface area (Å²) in [4.78, 5) is 21.3. The van der Waals surface area contributed by atoms with Gasteiger partial charge in [-0.05, 0) is 25.5 Å². The fourth-order valence-electron chi connectivity index (χ4n) is 3.14. The van der Waals surface area contributed by atoms with Gasteiger partial charge in [0.15, 0.2) is 0 Å². The smallest absolute Gasteiger partial charge is 0.226 e. The normalized spacial score (nSPS) is 11.0. The number of hydrogen-bond acceptors (Lipinski definition) is 5.